The molecule has 1 aromatic rings. The first-order valence-electron chi connectivity index (χ1n) is 6.37. The molecule has 3 N–H and O–H groups in total. The van der Waals surface area contributed by atoms with Gasteiger partial charge in [0, 0.05) is 25.3 Å². The standard InChI is InChI=1S/C13H21N3O/c14-11-3-4-12(16-10-11)5-7-15-8-6-13-2-1-9-17-13/h3-4,10,13,15H,1-2,5-9,14H2. The van der Waals surface area contributed by atoms with Crippen molar-refractivity contribution in [2.24, 2.45) is 0 Å². The zero-order valence-corrected chi connectivity index (χ0v) is 10.2. The van der Waals surface area contributed by atoms with E-state index in [2.05, 4.69) is 10.3 Å². The average molecular weight is 235 g/mol. The Balaban J connectivity index is 1.55. The summed E-state index contributed by atoms with van der Waals surface area (Å²) in [6, 6.07) is 3.88. The summed E-state index contributed by atoms with van der Waals surface area (Å²) in [7, 11) is 0. The molecule has 0 amide bonds. The van der Waals surface area contributed by atoms with Crippen molar-refractivity contribution >= 4 is 5.69 Å². The molecular weight excluding hydrogens is 214 g/mol. The minimum absolute atomic E-state index is 0.483. The summed E-state index contributed by atoms with van der Waals surface area (Å²) in [5.74, 6) is 0. The van der Waals surface area contributed by atoms with Gasteiger partial charge in [-0.15, -0.1) is 0 Å². The molecule has 4 nitrogen and oxygen atoms in total. The first kappa shape index (κ1) is 12.3. The third-order valence-corrected chi connectivity index (χ3v) is 3.07. The van der Waals surface area contributed by atoms with Crippen LogP contribution in [0.15, 0.2) is 18.3 Å². The van der Waals surface area contributed by atoms with Crippen molar-refractivity contribution in [3.05, 3.63) is 24.0 Å². The van der Waals surface area contributed by atoms with Crippen LogP contribution in [-0.4, -0.2) is 30.8 Å². The maximum atomic E-state index is 5.58. The van der Waals surface area contributed by atoms with Crippen molar-refractivity contribution in [2.75, 3.05) is 25.4 Å². The molecule has 2 rings (SSSR count). The number of rotatable bonds is 6. The van der Waals surface area contributed by atoms with Crippen LogP contribution in [0.4, 0.5) is 5.69 Å². The third-order valence-electron chi connectivity index (χ3n) is 3.07. The number of hydrogen-bond acceptors (Lipinski definition) is 4. The Morgan fingerprint density at radius 2 is 2.35 bits per heavy atom. The largest absolute Gasteiger partial charge is 0.397 e. The van der Waals surface area contributed by atoms with Crippen LogP contribution in [0.5, 0.6) is 0 Å². The summed E-state index contributed by atoms with van der Waals surface area (Å²) >= 11 is 0. The lowest BCUT2D eigenvalue weighted by molar-refractivity contribution is 0.104. The quantitative estimate of drug-likeness (QED) is 0.731. The molecule has 0 saturated carbocycles. The molecular formula is C13H21N3O. The molecule has 1 aromatic heterocycles. The third kappa shape index (κ3) is 4.32. The number of nitrogens with one attached hydrogen (secondary N) is 1. The Kier molecular flexibility index (Phi) is 4.76. The van der Waals surface area contributed by atoms with E-state index < -0.39 is 0 Å². The fourth-order valence-electron chi connectivity index (χ4n) is 2.06. The SMILES string of the molecule is Nc1ccc(CCNCCC2CCCO2)nc1. The predicted octanol–water partition coefficient (Wildman–Crippen LogP) is 1.36. The van der Waals surface area contributed by atoms with Crippen LogP contribution in [0.2, 0.25) is 0 Å². The average Bonchev–Trinajstić information content (AvgIpc) is 2.84. The van der Waals surface area contributed by atoms with Gasteiger partial charge in [0.2, 0.25) is 0 Å². The van der Waals surface area contributed by atoms with Crippen LogP contribution in [-0.2, 0) is 11.2 Å². The van der Waals surface area contributed by atoms with E-state index in [0.717, 1.165) is 43.9 Å². The zero-order chi connectivity index (χ0) is 11.9. The van der Waals surface area contributed by atoms with Crippen LogP contribution in [0.1, 0.15) is 25.0 Å². The molecule has 4 heteroatoms. The van der Waals surface area contributed by atoms with Crippen LogP contribution < -0.4 is 11.1 Å². The highest BCUT2D eigenvalue weighted by molar-refractivity contribution is 5.34. The van der Waals surface area contributed by atoms with Crippen LogP contribution in [0.25, 0.3) is 0 Å². The molecule has 17 heavy (non-hydrogen) atoms. The van der Waals surface area contributed by atoms with Gasteiger partial charge >= 0.3 is 0 Å². The van der Waals surface area contributed by atoms with E-state index >= 15 is 0 Å². The summed E-state index contributed by atoms with van der Waals surface area (Å²) in [4.78, 5) is 4.26. The molecule has 0 spiro atoms. The van der Waals surface area contributed by atoms with Crippen molar-refractivity contribution in [2.45, 2.75) is 31.8 Å². The molecule has 0 radical (unpaired) electrons. The van der Waals surface area contributed by atoms with Crippen LogP contribution in [0, 0.1) is 0 Å². The van der Waals surface area contributed by atoms with E-state index in [4.69, 9.17) is 10.5 Å². The molecule has 0 bridgehead atoms. The van der Waals surface area contributed by atoms with Gasteiger partial charge in [0.25, 0.3) is 0 Å². The van der Waals surface area contributed by atoms with Gasteiger partial charge in [-0.25, -0.2) is 0 Å². The molecule has 1 saturated heterocycles. The fraction of sp³-hybridized carbons (Fsp3) is 0.615. The number of ether oxygens (including phenoxy) is 1. The highest BCUT2D eigenvalue weighted by atomic mass is 16.5. The number of pyridine rings is 1. The van der Waals surface area contributed by atoms with E-state index in [1.807, 2.05) is 12.1 Å². The fourth-order valence-corrected chi connectivity index (χ4v) is 2.06. The summed E-state index contributed by atoms with van der Waals surface area (Å²) < 4.78 is 5.56. The van der Waals surface area contributed by atoms with Gasteiger partial charge in [0.1, 0.15) is 0 Å². The monoisotopic (exact) mass is 235 g/mol. The van der Waals surface area contributed by atoms with Gasteiger partial charge in [0.15, 0.2) is 0 Å². The van der Waals surface area contributed by atoms with E-state index in [1.165, 1.54) is 12.8 Å². The van der Waals surface area contributed by atoms with Crippen molar-refractivity contribution < 1.29 is 4.74 Å². The Labute approximate surface area is 103 Å². The Hall–Kier alpha value is -1.13. The number of hydrogen-bond donors (Lipinski definition) is 2. The van der Waals surface area contributed by atoms with Gasteiger partial charge in [0.05, 0.1) is 18.0 Å². The topological polar surface area (TPSA) is 60.2 Å². The predicted molar refractivity (Wildman–Crippen MR) is 68.8 cm³/mol. The highest BCUT2D eigenvalue weighted by Crippen LogP contribution is 2.14. The maximum Gasteiger partial charge on any atom is 0.0588 e. The van der Waals surface area contributed by atoms with Crippen LogP contribution in [0.3, 0.4) is 0 Å². The second kappa shape index (κ2) is 6.57. The number of nitrogen functional groups attached to an aromatic ring is 1. The summed E-state index contributed by atoms with van der Waals surface area (Å²) in [6.07, 6.45) is 6.71. The molecule has 1 atom stereocenters. The number of nitrogens with zero attached hydrogens (tertiary/aromatic N) is 1. The van der Waals surface area contributed by atoms with Gasteiger partial charge in [-0.1, -0.05) is 0 Å². The lowest BCUT2D eigenvalue weighted by Crippen LogP contribution is -2.22. The molecule has 0 aromatic carbocycles. The molecule has 2 heterocycles. The highest BCUT2D eigenvalue weighted by Gasteiger charge is 2.14. The molecule has 1 unspecified atom stereocenters. The van der Waals surface area contributed by atoms with Crippen molar-refractivity contribution in [3.8, 4) is 0 Å². The van der Waals surface area contributed by atoms with Gasteiger partial charge < -0.3 is 15.8 Å². The Bertz CT molecular complexity index is 320. The first-order chi connectivity index (χ1) is 8.34. The van der Waals surface area contributed by atoms with E-state index in [9.17, 15) is 0 Å². The smallest absolute Gasteiger partial charge is 0.0588 e. The Morgan fingerprint density at radius 3 is 3.06 bits per heavy atom. The Morgan fingerprint density at radius 1 is 1.41 bits per heavy atom. The minimum Gasteiger partial charge on any atom is -0.397 e. The summed E-state index contributed by atoms with van der Waals surface area (Å²) in [5.41, 5.74) is 7.39. The molecule has 0 aliphatic carbocycles. The summed E-state index contributed by atoms with van der Waals surface area (Å²) in [5, 5.41) is 3.42. The number of anilines is 1. The number of aromatic nitrogens is 1. The second-order valence-corrected chi connectivity index (χ2v) is 4.51. The van der Waals surface area contributed by atoms with Crippen molar-refractivity contribution in [1.29, 1.82) is 0 Å². The lowest BCUT2D eigenvalue weighted by atomic mass is 10.2. The zero-order valence-electron chi connectivity index (χ0n) is 10.2. The second-order valence-electron chi connectivity index (χ2n) is 4.51. The van der Waals surface area contributed by atoms with E-state index in [0.29, 0.717) is 6.10 Å². The molecule has 1 fully saturated rings. The normalized spacial score (nSPS) is 19.6. The molecule has 94 valence electrons. The van der Waals surface area contributed by atoms with E-state index in [1.54, 1.807) is 6.20 Å². The van der Waals surface area contributed by atoms with E-state index in [-0.39, 0.29) is 0 Å². The van der Waals surface area contributed by atoms with Crippen molar-refractivity contribution in [1.82, 2.24) is 10.3 Å². The molecule has 1 aliphatic rings. The van der Waals surface area contributed by atoms with Gasteiger partial charge in [-0.05, 0) is 37.9 Å². The number of nitrogens with two attached hydrogens (primary N) is 1. The lowest BCUT2D eigenvalue weighted by Gasteiger charge is -2.09. The minimum atomic E-state index is 0.483. The summed E-state index contributed by atoms with van der Waals surface area (Å²) in [6.45, 7) is 2.93. The van der Waals surface area contributed by atoms with Gasteiger partial charge in [-0.2, -0.15) is 0 Å². The van der Waals surface area contributed by atoms with Gasteiger partial charge in [-0.3, -0.25) is 4.98 Å². The first-order valence-corrected chi connectivity index (χ1v) is 6.37. The maximum absolute atomic E-state index is 5.58. The van der Waals surface area contributed by atoms with Crippen LogP contribution >= 0.6 is 0 Å². The van der Waals surface area contributed by atoms with Crippen molar-refractivity contribution in [3.63, 3.8) is 0 Å². The molecule has 1 aliphatic heterocycles.